The van der Waals surface area contributed by atoms with Crippen LogP contribution in [0, 0.1) is 0 Å². The van der Waals surface area contributed by atoms with E-state index in [-0.39, 0.29) is 11.8 Å². The molecule has 3 nitrogen and oxygen atoms in total. The summed E-state index contributed by atoms with van der Waals surface area (Å²) in [7, 11) is 0. The van der Waals surface area contributed by atoms with E-state index < -0.39 is 5.41 Å². The van der Waals surface area contributed by atoms with Gasteiger partial charge in [-0.15, -0.1) is 0 Å². The molecule has 2 amide bonds. The molecule has 0 spiro atoms. The first-order chi connectivity index (χ1) is 11.0. The Hall–Kier alpha value is -1.64. The highest BCUT2D eigenvalue weighted by molar-refractivity contribution is 6.03. The second-order valence-corrected chi connectivity index (χ2v) is 7.34. The van der Waals surface area contributed by atoms with E-state index in [0.717, 1.165) is 18.4 Å². The van der Waals surface area contributed by atoms with Gasteiger partial charge in [0.05, 0.1) is 5.41 Å². The Labute approximate surface area is 138 Å². The van der Waals surface area contributed by atoms with Gasteiger partial charge in [0.25, 0.3) is 0 Å². The van der Waals surface area contributed by atoms with Crippen LogP contribution in [0.2, 0.25) is 0 Å². The fourth-order valence-electron chi connectivity index (χ4n) is 3.85. The summed E-state index contributed by atoms with van der Waals surface area (Å²) in [6.07, 6.45) is 5.86. The van der Waals surface area contributed by atoms with Crippen LogP contribution >= 0.6 is 0 Å². The number of nitrogens with one attached hydrogen (secondary N) is 1. The summed E-state index contributed by atoms with van der Waals surface area (Å²) < 4.78 is 0. The number of hydrogen-bond acceptors (Lipinski definition) is 2. The van der Waals surface area contributed by atoms with Crippen LogP contribution in [0.15, 0.2) is 18.2 Å². The maximum absolute atomic E-state index is 12.4. The Morgan fingerprint density at radius 3 is 2.48 bits per heavy atom. The van der Waals surface area contributed by atoms with E-state index >= 15 is 0 Å². The van der Waals surface area contributed by atoms with E-state index in [1.165, 1.54) is 24.0 Å². The molecule has 0 aromatic heterocycles. The van der Waals surface area contributed by atoms with Crippen molar-refractivity contribution in [2.45, 2.75) is 76.5 Å². The first-order valence-corrected chi connectivity index (χ1v) is 8.98. The molecule has 2 aliphatic rings. The average Bonchev–Trinajstić information content (AvgIpc) is 3.37. The van der Waals surface area contributed by atoms with Crippen molar-refractivity contribution in [3.05, 3.63) is 34.9 Å². The molecule has 1 heterocycles. The van der Waals surface area contributed by atoms with E-state index in [2.05, 4.69) is 37.4 Å². The summed E-state index contributed by atoms with van der Waals surface area (Å²) in [5.41, 5.74) is 3.41. The second kappa shape index (κ2) is 6.10. The molecular weight excluding hydrogens is 286 g/mol. The van der Waals surface area contributed by atoms with Crippen molar-refractivity contribution in [2.75, 3.05) is 0 Å². The van der Waals surface area contributed by atoms with Gasteiger partial charge in [0.2, 0.25) is 11.8 Å². The topological polar surface area (TPSA) is 46.2 Å². The molecular formula is C20H27NO2. The monoisotopic (exact) mass is 313 g/mol. The molecule has 0 radical (unpaired) electrons. The van der Waals surface area contributed by atoms with Crippen LogP contribution in [0.1, 0.15) is 87.8 Å². The first-order valence-electron chi connectivity index (χ1n) is 8.98. The lowest BCUT2D eigenvalue weighted by Gasteiger charge is -2.33. The van der Waals surface area contributed by atoms with Gasteiger partial charge in [-0.05, 0) is 67.6 Å². The van der Waals surface area contributed by atoms with Crippen molar-refractivity contribution in [2.24, 2.45) is 0 Å². The maximum Gasteiger partial charge on any atom is 0.236 e. The number of imide groups is 1. The van der Waals surface area contributed by atoms with Gasteiger partial charge in [-0.2, -0.15) is 0 Å². The minimum Gasteiger partial charge on any atom is -0.296 e. The Bertz CT molecular complexity index is 629. The van der Waals surface area contributed by atoms with Crippen molar-refractivity contribution in [1.29, 1.82) is 0 Å². The lowest BCUT2D eigenvalue weighted by atomic mass is 9.74. The molecule has 124 valence electrons. The summed E-state index contributed by atoms with van der Waals surface area (Å²) in [6.45, 7) is 6.47. The number of amides is 2. The molecule has 23 heavy (non-hydrogen) atoms. The van der Waals surface area contributed by atoms with Crippen LogP contribution in [-0.4, -0.2) is 11.8 Å². The molecule has 0 bridgehead atoms. The third kappa shape index (κ3) is 2.93. The Morgan fingerprint density at radius 2 is 1.91 bits per heavy atom. The molecule has 3 heteroatoms. The number of rotatable bonds is 5. The molecule has 2 fully saturated rings. The largest absolute Gasteiger partial charge is 0.296 e. The van der Waals surface area contributed by atoms with Crippen molar-refractivity contribution in [3.63, 3.8) is 0 Å². The molecule has 1 atom stereocenters. The van der Waals surface area contributed by atoms with Gasteiger partial charge >= 0.3 is 0 Å². The minimum absolute atomic E-state index is 0.147. The molecule has 1 saturated carbocycles. The zero-order valence-corrected chi connectivity index (χ0v) is 14.4. The molecule has 1 N–H and O–H groups in total. The Kier molecular flexibility index (Phi) is 4.31. The van der Waals surface area contributed by atoms with Gasteiger partial charge in [-0.25, -0.2) is 0 Å². The molecule has 1 aromatic carbocycles. The van der Waals surface area contributed by atoms with E-state index in [9.17, 15) is 9.59 Å². The van der Waals surface area contributed by atoms with Crippen molar-refractivity contribution in [3.8, 4) is 0 Å². The highest BCUT2D eigenvalue weighted by Crippen LogP contribution is 2.46. The molecule has 0 unspecified atom stereocenters. The molecule has 1 aliphatic heterocycles. The maximum atomic E-state index is 12.4. The number of piperidine rings is 1. The van der Waals surface area contributed by atoms with Gasteiger partial charge in [0.1, 0.15) is 0 Å². The Balaban J connectivity index is 1.99. The number of benzene rings is 1. The summed E-state index contributed by atoms with van der Waals surface area (Å²) >= 11 is 0. The van der Waals surface area contributed by atoms with Crippen molar-refractivity contribution < 1.29 is 9.59 Å². The first kappa shape index (κ1) is 16.2. The van der Waals surface area contributed by atoms with E-state index in [4.69, 9.17) is 0 Å². The zero-order chi connectivity index (χ0) is 16.6. The van der Waals surface area contributed by atoms with Crippen LogP contribution in [0.25, 0.3) is 0 Å². The highest BCUT2D eigenvalue weighted by atomic mass is 16.2. The predicted molar refractivity (Wildman–Crippen MR) is 91.5 cm³/mol. The standard InChI is InChI=1S/C20H27NO2/c1-4-13(5-2)16-9-8-15(12-17(16)14-6-7-14)20(3)11-10-18(22)21-19(20)23/h8-9,12-14H,4-7,10-11H2,1-3H3,(H,21,22,23)/t20-/m1/s1. The van der Waals surface area contributed by atoms with Crippen LogP contribution in [0.3, 0.4) is 0 Å². The van der Waals surface area contributed by atoms with Crippen LogP contribution < -0.4 is 5.32 Å². The fraction of sp³-hybridized carbons (Fsp3) is 0.600. The van der Waals surface area contributed by atoms with E-state index in [1.54, 1.807) is 0 Å². The van der Waals surface area contributed by atoms with Crippen molar-refractivity contribution in [1.82, 2.24) is 5.32 Å². The summed E-state index contributed by atoms with van der Waals surface area (Å²) in [5, 5.41) is 2.51. The second-order valence-electron chi connectivity index (χ2n) is 7.34. The summed E-state index contributed by atoms with van der Waals surface area (Å²) in [6, 6.07) is 6.63. The average molecular weight is 313 g/mol. The lowest BCUT2D eigenvalue weighted by Crippen LogP contribution is -2.49. The van der Waals surface area contributed by atoms with Gasteiger partial charge in [0.15, 0.2) is 0 Å². The van der Waals surface area contributed by atoms with Gasteiger partial charge in [-0.1, -0.05) is 32.0 Å². The SMILES string of the molecule is CCC(CC)c1ccc([C@@]2(C)CCC(=O)NC2=O)cc1C1CC1. The van der Waals surface area contributed by atoms with Gasteiger partial charge in [0, 0.05) is 6.42 Å². The molecule has 3 rings (SSSR count). The number of hydrogen-bond donors (Lipinski definition) is 1. The third-order valence-electron chi connectivity index (χ3n) is 5.77. The van der Waals surface area contributed by atoms with Crippen LogP contribution in [-0.2, 0) is 15.0 Å². The normalized spacial score (nSPS) is 24.9. The molecule has 1 saturated heterocycles. The summed E-state index contributed by atoms with van der Waals surface area (Å²) in [5.74, 6) is 0.978. The van der Waals surface area contributed by atoms with Gasteiger partial charge < -0.3 is 0 Å². The Morgan fingerprint density at radius 1 is 1.22 bits per heavy atom. The zero-order valence-electron chi connectivity index (χ0n) is 14.4. The lowest BCUT2D eigenvalue weighted by molar-refractivity contribution is -0.137. The van der Waals surface area contributed by atoms with E-state index in [1.807, 2.05) is 6.92 Å². The molecule has 1 aromatic rings. The molecule has 1 aliphatic carbocycles. The summed E-state index contributed by atoms with van der Waals surface area (Å²) in [4.78, 5) is 23.9. The van der Waals surface area contributed by atoms with Gasteiger partial charge in [-0.3, -0.25) is 14.9 Å². The predicted octanol–water partition coefficient (Wildman–Crippen LogP) is 4.16. The number of carbonyl (C=O) groups is 2. The quantitative estimate of drug-likeness (QED) is 0.830. The third-order valence-corrected chi connectivity index (χ3v) is 5.77. The van der Waals surface area contributed by atoms with E-state index in [0.29, 0.717) is 24.7 Å². The van der Waals surface area contributed by atoms with Crippen LogP contribution in [0.4, 0.5) is 0 Å². The minimum atomic E-state index is -0.579. The van der Waals surface area contributed by atoms with Crippen LogP contribution in [0.5, 0.6) is 0 Å². The fourth-order valence-corrected chi connectivity index (χ4v) is 3.85. The van der Waals surface area contributed by atoms with Crippen molar-refractivity contribution >= 4 is 11.8 Å². The number of carbonyl (C=O) groups excluding carboxylic acids is 2. The smallest absolute Gasteiger partial charge is 0.236 e. The highest BCUT2D eigenvalue weighted by Gasteiger charge is 2.41.